The topological polar surface area (TPSA) is 96.0 Å². The molecule has 0 radical (unpaired) electrons. The Kier molecular flexibility index (Phi) is 10.7. The van der Waals surface area contributed by atoms with E-state index < -0.39 is 40.2 Å². The zero-order valence-electron chi connectivity index (χ0n) is 24.9. The minimum absolute atomic E-state index is 0.0263. The van der Waals surface area contributed by atoms with Gasteiger partial charge in [0.2, 0.25) is 11.8 Å². The molecule has 4 rings (SSSR count). The van der Waals surface area contributed by atoms with Crippen molar-refractivity contribution in [2.75, 3.05) is 24.5 Å². The van der Waals surface area contributed by atoms with E-state index in [2.05, 4.69) is 5.32 Å². The summed E-state index contributed by atoms with van der Waals surface area (Å²) < 4.78 is 49.8. The molecule has 1 N–H and O–H groups in total. The van der Waals surface area contributed by atoms with Crippen molar-refractivity contribution in [1.82, 2.24) is 10.2 Å². The van der Waals surface area contributed by atoms with Crippen LogP contribution in [-0.4, -0.2) is 51.4 Å². The van der Waals surface area contributed by atoms with Crippen LogP contribution in [0.15, 0.2) is 108 Å². The van der Waals surface area contributed by atoms with Crippen molar-refractivity contribution in [3.8, 4) is 5.75 Å². The number of carbonyl (C=O) groups excluding carboxylic acids is 2. The van der Waals surface area contributed by atoms with Crippen LogP contribution in [-0.2, 0) is 32.6 Å². The van der Waals surface area contributed by atoms with Crippen molar-refractivity contribution in [3.05, 3.63) is 126 Å². The maximum Gasteiger partial charge on any atom is 0.264 e. The lowest BCUT2D eigenvalue weighted by Gasteiger charge is -2.34. The summed E-state index contributed by atoms with van der Waals surface area (Å²) >= 11 is 0. The molecule has 4 aromatic rings. The van der Waals surface area contributed by atoms with Gasteiger partial charge in [0.15, 0.2) is 0 Å². The highest BCUT2D eigenvalue weighted by atomic mass is 32.2. The number of benzene rings is 4. The van der Waals surface area contributed by atoms with Gasteiger partial charge in [0.25, 0.3) is 10.0 Å². The van der Waals surface area contributed by atoms with Gasteiger partial charge in [-0.05, 0) is 55.3 Å². The minimum Gasteiger partial charge on any atom is -0.495 e. The molecule has 230 valence electrons. The van der Waals surface area contributed by atoms with Gasteiger partial charge in [-0.2, -0.15) is 0 Å². The van der Waals surface area contributed by atoms with Crippen molar-refractivity contribution in [2.24, 2.45) is 0 Å². The highest BCUT2D eigenvalue weighted by molar-refractivity contribution is 7.92. The average Bonchev–Trinajstić information content (AvgIpc) is 3.03. The van der Waals surface area contributed by atoms with E-state index in [1.807, 2.05) is 30.3 Å². The standard InChI is InChI=1S/C34H36FN3O5S/c1-4-36-34(40)31(22-26-13-7-5-8-14-26)37(23-27-15-11-12-18-29(27)35)33(39)24-38(30-21-25(2)19-20-32(30)43-3)44(41,42)28-16-9-6-10-17-28/h5-21,31H,4,22-24H2,1-3H3,(H,36,40)/t31-/m0/s1. The second-order valence-electron chi connectivity index (χ2n) is 10.2. The Morgan fingerprint density at radius 1 is 0.909 bits per heavy atom. The van der Waals surface area contributed by atoms with Crippen LogP contribution < -0.4 is 14.4 Å². The molecule has 0 aromatic heterocycles. The largest absolute Gasteiger partial charge is 0.495 e. The Morgan fingerprint density at radius 3 is 2.18 bits per heavy atom. The Labute approximate surface area is 258 Å². The van der Waals surface area contributed by atoms with E-state index in [9.17, 15) is 22.4 Å². The third kappa shape index (κ3) is 7.62. The number of likely N-dealkylation sites (N-methyl/N-ethyl adjacent to an activating group) is 1. The van der Waals surface area contributed by atoms with Crippen molar-refractivity contribution in [2.45, 2.75) is 37.8 Å². The third-order valence-corrected chi connectivity index (χ3v) is 8.91. The minimum atomic E-state index is -4.30. The van der Waals surface area contributed by atoms with Crippen LogP contribution in [0.2, 0.25) is 0 Å². The Bertz CT molecular complexity index is 1680. The number of rotatable bonds is 13. The molecule has 0 spiro atoms. The molecule has 10 heteroatoms. The predicted molar refractivity (Wildman–Crippen MR) is 168 cm³/mol. The van der Waals surface area contributed by atoms with Gasteiger partial charge >= 0.3 is 0 Å². The van der Waals surface area contributed by atoms with Crippen LogP contribution in [0.4, 0.5) is 10.1 Å². The summed E-state index contributed by atoms with van der Waals surface area (Å²) in [7, 11) is -2.88. The highest BCUT2D eigenvalue weighted by Gasteiger charge is 2.35. The number of amides is 2. The Hall–Kier alpha value is -4.70. The van der Waals surface area contributed by atoms with Crippen LogP contribution in [0.25, 0.3) is 0 Å². The third-order valence-electron chi connectivity index (χ3n) is 7.13. The molecule has 44 heavy (non-hydrogen) atoms. The number of hydrogen-bond acceptors (Lipinski definition) is 5. The lowest BCUT2D eigenvalue weighted by Crippen LogP contribution is -2.53. The lowest BCUT2D eigenvalue weighted by atomic mass is 10.0. The molecule has 2 amide bonds. The molecule has 0 fully saturated rings. The van der Waals surface area contributed by atoms with Gasteiger partial charge in [-0.25, -0.2) is 12.8 Å². The Morgan fingerprint density at radius 2 is 1.55 bits per heavy atom. The first-order valence-electron chi connectivity index (χ1n) is 14.2. The molecule has 0 aliphatic heterocycles. The normalized spacial score (nSPS) is 11.8. The van der Waals surface area contributed by atoms with Crippen molar-refractivity contribution in [3.63, 3.8) is 0 Å². The molecule has 8 nitrogen and oxygen atoms in total. The number of halogens is 1. The van der Waals surface area contributed by atoms with E-state index in [-0.39, 0.29) is 34.9 Å². The quantitative estimate of drug-likeness (QED) is 0.225. The van der Waals surface area contributed by atoms with Gasteiger partial charge < -0.3 is 15.0 Å². The van der Waals surface area contributed by atoms with Gasteiger partial charge in [-0.1, -0.05) is 72.8 Å². The zero-order chi connectivity index (χ0) is 31.7. The second kappa shape index (κ2) is 14.7. The first-order chi connectivity index (χ1) is 21.1. The second-order valence-corrected chi connectivity index (χ2v) is 12.1. The van der Waals surface area contributed by atoms with Gasteiger partial charge in [0.05, 0.1) is 17.7 Å². The molecule has 0 heterocycles. The van der Waals surface area contributed by atoms with Crippen LogP contribution in [0.3, 0.4) is 0 Å². The summed E-state index contributed by atoms with van der Waals surface area (Å²) in [6.07, 6.45) is 0.131. The molecule has 0 saturated carbocycles. The highest BCUT2D eigenvalue weighted by Crippen LogP contribution is 2.34. The van der Waals surface area contributed by atoms with Gasteiger partial charge in [0, 0.05) is 25.1 Å². The molecule has 0 bridgehead atoms. The number of aryl methyl sites for hydroxylation is 1. The van der Waals surface area contributed by atoms with E-state index in [1.54, 1.807) is 56.3 Å². The van der Waals surface area contributed by atoms with Gasteiger partial charge in [0.1, 0.15) is 24.2 Å². The fraction of sp³-hybridized carbons (Fsp3) is 0.235. The summed E-state index contributed by atoms with van der Waals surface area (Å²) in [5.41, 5.74) is 1.88. The summed E-state index contributed by atoms with van der Waals surface area (Å²) in [5, 5.41) is 2.79. The first kappa shape index (κ1) is 32.2. The van der Waals surface area contributed by atoms with Crippen LogP contribution >= 0.6 is 0 Å². The monoisotopic (exact) mass is 617 g/mol. The Balaban J connectivity index is 1.85. The molecule has 0 aliphatic carbocycles. The molecule has 4 aromatic carbocycles. The van der Waals surface area contributed by atoms with E-state index in [1.165, 1.54) is 42.3 Å². The molecule has 0 aliphatic rings. The fourth-order valence-corrected chi connectivity index (χ4v) is 6.32. The number of hydrogen-bond donors (Lipinski definition) is 1. The SMILES string of the molecule is CCNC(=O)[C@H](Cc1ccccc1)N(Cc1ccccc1F)C(=O)CN(c1cc(C)ccc1OC)S(=O)(=O)c1ccccc1. The number of carbonyl (C=O) groups is 2. The summed E-state index contributed by atoms with van der Waals surface area (Å²) in [5.74, 6) is -1.43. The number of sulfonamides is 1. The zero-order valence-corrected chi connectivity index (χ0v) is 25.8. The van der Waals surface area contributed by atoms with Crippen molar-refractivity contribution < 1.29 is 27.1 Å². The van der Waals surface area contributed by atoms with E-state index >= 15 is 0 Å². The van der Waals surface area contributed by atoms with Crippen LogP contribution in [0, 0.1) is 12.7 Å². The first-order valence-corrected chi connectivity index (χ1v) is 15.7. The molecule has 1 atom stereocenters. The molecular formula is C34H36FN3O5S. The number of nitrogens with one attached hydrogen (secondary N) is 1. The van der Waals surface area contributed by atoms with Gasteiger partial charge in [-0.3, -0.25) is 13.9 Å². The lowest BCUT2D eigenvalue weighted by molar-refractivity contribution is -0.140. The smallest absolute Gasteiger partial charge is 0.264 e. The van der Waals surface area contributed by atoms with E-state index in [0.29, 0.717) is 6.54 Å². The summed E-state index contributed by atoms with van der Waals surface area (Å²) in [4.78, 5) is 29.2. The predicted octanol–water partition coefficient (Wildman–Crippen LogP) is 5.11. The van der Waals surface area contributed by atoms with Crippen molar-refractivity contribution in [1.29, 1.82) is 0 Å². The number of methoxy groups -OCH3 is 1. The van der Waals surface area contributed by atoms with Crippen LogP contribution in [0.1, 0.15) is 23.6 Å². The fourth-order valence-electron chi connectivity index (χ4n) is 4.88. The maximum absolute atomic E-state index is 15.0. The maximum atomic E-state index is 15.0. The summed E-state index contributed by atoms with van der Waals surface area (Å²) in [6.45, 7) is 2.94. The number of nitrogens with zero attached hydrogens (tertiary/aromatic N) is 2. The molecule has 0 saturated heterocycles. The van der Waals surface area contributed by atoms with Gasteiger partial charge in [-0.15, -0.1) is 0 Å². The summed E-state index contributed by atoms with van der Waals surface area (Å²) in [6, 6.07) is 26.9. The van der Waals surface area contributed by atoms with E-state index in [0.717, 1.165) is 15.4 Å². The average molecular weight is 618 g/mol. The number of anilines is 1. The van der Waals surface area contributed by atoms with Crippen molar-refractivity contribution >= 4 is 27.5 Å². The molecular weight excluding hydrogens is 581 g/mol. The molecule has 0 unspecified atom stereocenters. The van der Waals surface area contributed by atoms with E-state index in [4.69, 9.17) is 4.74 Å². The number of ether oxygens (including phenoxy) is 1. The van der Waals surface area contributed by atoms with Crippen LogP contribution in [0.5, 0.6) is 5.75 Å².